The number of carbonyl (C=O) groups is 2. The van der Waals surface area contributed by atoms with Crippen molar-refractivity contribution in [1.29, 1.82) is 0 Å². The second-order valence-corrected chi connectivity index (χ2v) is 10.8. The summed E-state index contributed by atoms with van der Waals surface area (Å²) in [5, 5.41) is 0.549. The number of ether oxygens (including phenoxy) is 3. The van der Waals surface area contributed by atoms with E-state index < -0.39 is 0 Å². The molecule has 0 radical (unpaired) electrons. The van der Waals surface area contributed by atoms with Gasteiger partial charge in [-0.25, -0.2) is 9.79 Å². The molecule has 0 unspecified atom stereocenters. The van der Waals surface area contributed by atoms with Crippen molar-refractivity contribution in [3.8, 4) is 11.5 Å². The number of amides is 1. The zero-order valence-electron chi connectivity index (χ0n) is 22.2. The fraction of sp³-hybridized carbons (Fsp3) is 0.233. The van der Waals surface area contributed by atoms with Crippen LogP contribution in [0.2, 0.25) is 0 Å². The van der Waals surface area contributed by atoms with Gasteiger partial charge in [-0.1, -0.05) is 29.8 Å². The van der Waals surface area contributed by atoms with Crippen LogP contribution in [0.1, 0.15) is 40.9 Å². The van der Waals surface area contributed by atoms with Crippen molar-refractivity contribution in [2.45, 2.75) is 27.4 Å². The van der Waals surface area contributed by atoms with Gasteiger partial charge in [0.25, 0.3) is 5.91 Å². The zero-order chi connectivity index (χ0) is 27.9. The number of thioether (sulfide) groups is 1. The predicted molar refractivity (Wildman–Crippen MR) is 164 cm³/mol. The number of hydrogen-bond acceptors (Lipinski definition) is 7. The van der Waals surface area contributed by atoms with Crippen molar-refractivity contribution in [2.75, 3.05) is 20.3 Å². The number of carbonyl (C=O) groups excluding carboxylic acids is 2. The molecule has 0 saturated carbocycles. The number of aliphatic imine (C=N–C) groups is 1. The molecule has 0 spiro atoms. The average molecular weight is 657 g/mol. The van der Waals surface area contributed by atoms with Crippen LogP contribution in [0, 0.1) is 10.5 Å². The topological polar surface area (TPSA) is 77.4 Å². The molecular formula is C30H29IN2O5S. The Balaban J connectivity index is 1.54. The second-order valence-electron chi connectivity index (χ2n) is 8.67. The lowest BCUT2D eigenvalue weighted by Crippen LogP contribution is -2.23. The fourth-order valence-corrected chi connectivity index (χ4v) is 5.48. The molecule has 1 aliphatic rings. The van der Waals surface area contributed by atoms with Crippen LogP contribution in [-0.2, 0) is 16.1 Å². The van der Waals surface area contributed by atoms with Gasteiger partial charge in [-0.05, 0) is 109 Å². The van der Waals surface area contributed by atoms with E-state index in [1.54, 1.807) is 38.2 Å². The number of benzene rings is 3. The highest BCUT2D eigenvalue weighted by molar-refractivity contribution is 14.1. The van der Waals surface area contributed by atoms with Crippen molar-refractivity contribution in [1.82, 2.24) is 4.90 Å². The van der Waals surface area contributed by atoms with Crippen molar-refractivity contribution in [3.63, 3.8) is 0 Å². The van der Waals surface area contributed by atoms with E-state index in [2.05, 4.69) is 58.8 Å². The maximum Gasteiger partial charge on any atom is 0.338 e. The molecule has 3 aromatic rings. The highest BCUT2D eigenvalue weighted by Crippen LogP contribution is 2.38. The summed E-state index contributed by atoms with van der Waals surface area (Å²) in [6.07, 6.45) is 1.84. The Morgan fingerprint density at radius 3 is 2.41 bits per heavy atom. The molecule has 1 saturated heterocycles. The third-order valence-corrected chi connectivity index (χ3v) is 7.60. The molecule has 0 aromatic heterocycles. The highest BCUT2D eigenvalue weighted by atomic mass is 127. The number of esters is 1. The van der Waals surface area contributed by atoms with E-state index in [1.807, 2.05) is 25.1 Å². The molecule has 4 rings (SSSR count). The number of hydrogen-bond donors (Lipinski definition) is 0. The third-order valence-electron chi connectivity index (χ3n) is 5.74. The molecule has 39 heavy (non-hydrogen) atoms. The molecule has 1 aliphatic heterocycles. The Hall–Kier alpha value is -3.31. The van der Waals surface area contributed by atoms with E-state index in [-0.39, 0.29) is 11.9 Å². The van der Waals surface area contributed by atoms with Crippen LogP contribution in [0.4, 0.5) is 5.69 Å². The molecule has 0 aliphatic carbocycles. The Labute approximate surface area is 246 Å². The van der Waals surface area contributed by atoms with Crippen LogP contribution in [0.5, 0.6) is 11.5 Å². The van der Waals surface area contributed by atoms with E-state index in [0.29, 0.717) is 52.6 Å². The molecule has 0 atom stereocenters. The van der Waals surface area contributed by atoms with Gasteiger partial charge in [-0.15, -0.1) is 0 Å². The van der Waals surface area contributed by atoms with Crippen LogP contribution in [-0.4, -0.2) is 42.2 Å². The predicted octanol–water partition coefficient (Wildman–Crippen LogP) is 6.99. The number of halogens is 1. The maximum absolute atomic E-state index is 13.0. The molecule has 9 heteroatoms. The zero-order valence-corrected chi connectivity index (χ0v) is 25.2. The molecule has 1 fully saturated rings. The van der Waals surface area contributed by atoms with Crippen molar-refractivity contribution in [3.05, 3.63) is 91.4 Å². The lowest BCUT2D eigenvalue weighted by atomic mass is 10.1. The molecule has 0 bridgehead atoms. The lowest BCUT2D eigenvalue weighted by molar-refractivity contribution is -0.121. The number of amidine groups is 1. The first-order valence-corrected chi connectivity index (χ1v) is 14.4. The molecule has 1 amide bonds. The van der Waals surface area contributed by atoms with Gasteiger partial charge in [-0.3, -0.25) is 9.69 Å². The minimum Gasteiger partial charge on any atom is -0.490 e. The standard InChI is InChI=1S/C30H29IN2O5S/c1-5-36-25-16-21(15-24(31)27(25)38-18-20-9-7-19(3)8-10-20)17-26-28(34)33(4)30(39-26)32-23-13-11-22(12-14-23)29(35)37-6-2/h7-17H,5-6,18H2,1-4H3. The summed E-state index contributed by atoms with van der Waals surface area (Å²) in [5.41, 5.74) is 4.19. The van der Waals surface area contributed by atoms with Crippen LogP contribution in [0.15, 0.2) is 70.6 Å². The van der Waals surface area contributed by atoms with E-state index >= 15 is 0 Å². The first-order chi connectivity index (χ1) is 18.8. The Kier molecular flexibility index (Phi) is 9.68. The van der Waals surface area contributed by atoms with Gasteiger partial charge < -0.3 is 14.2 Å². The first-order valence-electron chi connectivity index (χ1n) is 12.5. The first kappa shape index (κ1) is 28.7. The van der Waals surface area contributed by atoms with Gasteiger partial charge in [0, 0.05) is 7.05 Å². The van der Waals surface area contributed by atoms with Gasteiger partial charge >= 0.3 is 5.97 Å². The number of rotatable bonds is 9. The molecule has 202 valence electrons. The number of likely N-dealkylation sites (N-methyl/N-ethyl adjacent to an activating group) is 1. The minimum atomic E-state index is -0.378. The molecule has 1 heterocycles. The molecule has 7 nitrogen and oxygen atoms in total. The number of aryl methyl sites for hydroxylation is 1. The van der Waals surface area contributed by atoms with Gasteiger partial charge in [0.15, 0.2) is 16.7 Å². The van der Waals surface area contributed by atoms with Crippen molar-refractivity contribution >= 4 is 63.2 Å². The van der Waals surface area contributed by atoms with Crippen LogP contribution in [0.25, 0.3) is 6.08 Å². The maximum atomic E-state index is 13.0. The highest BCUT2D eigenvalue weighted by Gasteiger charge is 2.30. The molecular weight excluding hydrogens is 627 g/mol. The summed E-state index contributed by atoms with van der Waals surface area (Å²) in [7, 11) is 1.69. The fourth-order valence-electron chi connectivity index (χ4n) is 3.71. The van der Waals surface area contributed by atoms with E-state index in [4.69, 9.17) is 14.2 Å². The quantitative estimate of drug-likeness (QED) is 0.141. The summed E-state index contributed by atoms with van der Waals surface area (Å²) in [5.74, 6) is 0.783. The summed E-state index contributed by atoms with van der Waals surface area (Å²) in [6.45, 7) is 6.97. The Morgan fingerprint density at radius 2 is 1.74 bits per heavy atom. The van der Waals surface area contributed by atoms with Gasteiger partial charge in [0.2, 0.25) is 0 Å². The van der Waals surface area contributed by atoms with E-state index in [0.717, 1.165) is 14.7 Å². The third kappa shape index (κ3) is 7.21. The van der Waals surface area contributed by atoms with E-state index in [9.17, 15) is 9.59 Å². The smallest absolute Gasteiger partial charge is 0.338 e. The summed E-state index contributed by atoms with van der Waals surface area (Å²) in [4.78, 5) is 31.6. The Bertz CT molecular complexity index is 1420. The van der Waals surface area contributed by atoms with Crippen LogP contribution in [0.3, 0.4) is 0 Å². The van der Waals surface area contributed by atoms with Gasteiger partial charge in [0.05, 0.1) is 32.9 Å². The second kappa shape index (κ2) is 13.2. The SMILES string of the molecule is CCOC(=O)c1ccc(N=C2SC(=Cc3cc(I)c(OCc4ccc(C)cc4)c(OCC)c3)C(=O)N2C)cc1. The van der Waals surface area contributed by atoms with E-state index in [1.165, 1.54) is 22.2 Å². The van der Waals surface area contributed by atoms with Gasteiger partial charge in [-0.2, -0.15) is 0 Å². The lowest BCUT2D eigenvalue weighted by Gasteiger charge is -2.15. The van der Waals surface area contributed by atoms with Crippen LogP contribution < -0.4 is 9.47 Å². The minimum absolute atomic E-state index is 0.144. The summed E-state index contributed by atoms with van der Waals surface area (Å²) in [6, 6.07) is 18.9. The monoisotopic (exact) mass is 656 g/mol. The normalized spacial score (nSPS) is 15.2. The largest absolute Gasteiger partial charge is 0.490 e. The summed E-state index contributed by atoms with van der Waals surface area (Å²) >= 11 is 3.53. The van der Waals surface area contributed by atoms with Crippen LogP contribution >= 0.6 is 34.4 Å². The molecule has 3 aromatic carbocycles. The average Bonchev–Trinajstić information content (AvgIpc) is 3.17. The van der Waals surface area contributed by atoms with Crippen molar-refractivity contribution < 1.29 is 23.8 Å². The Morgan fingerprint density at radius 1 is 1.03 bits per heavy atom. The van der Waals surface area contributed by atoms with Gasteiger partial charge in [0.1, 0.15) is 6.61 Å². The summed E-state index contributed by atoms with van der Waals surface area (Å²) < 4.78 is 18.0. The number of nitrogens with zero attached hydrogens (tertiary/aromatic N) is 2. The molecule has 0 N–H and O–H groups in total. The van der Waals surface area contributed by atoms with Crippen molar-refractivity contribution in [2.24, 2.45) is 4.99 Å².